The largest absolute Gasteiger partial charge is 0.364 e. The summed E-state index contributed by atoms with van der Waals surface area (Å²) in [6, 6.07) is 0. The van der Waals surface area contributed by atoms with Crippen LogP contribution < -0.4 is 0 Å². The molecular formula is C4H9NO2. The molecule has 3 heteroatoms. The van der Waals surface area contributed by atoms with Gasteiger partial charge in [0.15, 0.2) is 0 Å². The lowest BCUT2D eigenvalue weighted by atomic mass is 10.9. The predicted octanol–water partition coefficient (Wildman–Crippen LogP) is -0.322. The number of methoxy groups -OCH3 is 1. The van der Waals surface area contributed by atoms with Crippen molar-refractivity contribution in [3.05, 3.63) is 0 Å². The third-order valence-corrected chi connectivity index (χ3v) is 0.513. The van der Waals surface area contributed by atoms with Crippen molar-refractivity contribution in [2.45, 2.75) is 0 Å². The van der Waals surface area contributed by atoms with E-state index in [0.717, 1.165) is 0 Å². The summed E-state index contributed by atoms with van der Waals surface area (Å²) in [5, 5.41) is 0. The van der Waals surface area contributed by atoms with Crippen LogP contribution in [-0.2, 0) is 9.53 Å². The molecular weight excluding hydrogens is 94.0 g/mol. The van der Waals surface area contributed by atoms with Crippen LogP contribution in [0.15, 0.2) is 0 Å². The summed E-state index contributed by atoms with van der Waals surface area (Å²) in [6.07, 6.45) is 0.712. The summed E-state index contributed by atoms with van der Waals surface area (Å²) in [7, 11) is 3.19. The van der Waals surface area contributed by atoms with Gasteiger partial charge in [0.2, 0.25) is 6.41 Å². The van der Waals surface area contributed by atoms with Gasteiger partial charge in [0.25, 0.3) is 0 Å². The Morgan fingerprint density at radius 2 is 2.43 bits per heavy atom. The van der Waals surface area contributed by atoms with Crippen LogP contribution in [0.2, 0.25) is 0 Å². The van der Waals surface area contributed by atoms with Crippen molar-refractivity contribution < 1.29 is 9.53 Å². The first-order chi connectivity index (χ1) is 3.31. The maximum absolute atomic E-state index is 9.74. The highest BCUT2D eigenvalue weighted by Gasteiger charge is 1.84. The number of carbonyl (C=O) groups is 1. The Balaban J connectivity index is 2.98. The molecule has 0 N–H and O–H groups in total. The van der Waals surface area contributed by atoms with Crippen LogP contribution >= 0.6 is 0 Å². The molecule has 0 saturated carbocycles. The summed E-state index contributed by atoms with van der Waals surface area (Å²) < 4.78 is 4.59. The maximum atomic E-state index is 9.74. The molecule has 3 nitrogen and oxygen atoms in total. The smallest absolute Gasteiger partial charge is 0.211 e. The van der Waals surface area contributed by atoms with Gasteiger partial charge in [-0.25, -0.2) is 0 Å². The fourth-order valence-corrected chi connectivity index (χ4v) is 0.234. The third kappa shape index (κ3) is 3.26. The first-order valence-corrected chi connectivity index (χ1v) is 1.95. The zero-order valence-corrected chi connectivity index (χ0v) is 4.55. The number of nitrogens with zero attached hydrogens (tertiary/aromatic N) is 1. The van der Waals surface area contributed by atoms with Gasteiger partial charge in [0.05, 0.1) is 0 Å². The third-order valence-electron chi connectivity index (χ3n) is 0.513. The van der Waals surface area contributed by atoms with E-state index in [0.29, 0.717) is 13.1 Å². The fraction of sp³-hybridized carbons (Fsp3) is 0.750. The average molecular weight is 103 g/mol. The summed E-state index contributed by atoms with van der Waals surface area (Å²) in [4.78, 5) is 11.1. The molecule has 0 aromatic rings. The molecule has 0 saturated heterocycles. The Kier molecular flexibility index (Phi) is 3.32. The molecule has 0 aliphatic rings. The highest BCUT2D eigenvalue weighted by Crippen LogP contribution is 1.70. The zero-order valence-electron chi connectivity index (χ0n) is 4.55. The Morgan fingerprint density at radius 1 is 1.86 bits per heavy atom. The molecule has 0 radical (unpaired) electrons. The first-order valence-electron chi connectivity index (χ1n) is 1.95. The van der Waals surface area contributed by atoms with Crippen molar-refractivity contribution in [1.29, 1.82) is 0 Å². The van der Waals surface area contributed by atoms with E-state index in [1.54, 1.807) is 14.2 Å². The zero-order chi connectivity index (χ0) is 5.70. The van der Waals surface area contributed by atoms with Crippen LogP contribution in [-0.4, -0.2) is 32.2 Å². The molecule has 0 unspecified atom stereocenters. The van der Waals surface area contributed by atoms with E-state index in [1.165, 1.54) is 4.90 Å². The van der Waals surface area contributed by atoms with Crippen molar-refractivity contribution >= 4 is 6.41 Å². The molecule has 1 amide bonds. The van der Waals surface area contributed by atoms with E-state index in [-0.39, 0.29) is 0 Å². The average Bonchev–Trinajstić information content (AvgIpc) is 1.68. The van der Waals surface area contributed by atoms with Gasteiger partial charge in [0, 0.05) is 14.2 Å². The number of rotatable bonds is 3. The fourth-order valence-electron chi connectivity index (χ4n) is 0.234. The minimum Gasteiger partial charge on any atom is -0.364 e. The van der Waals surface area contributed by atoms with Gasteiger partial charge in [0.1, 0.15) is 6.73 Å². The van der Waals surface area contributed by atoms with Gasteiger partial charge in [-0.2, -0.15) is 0 Å². The topological polar surface area (TPSA) is 29.5 Å². The highest BCUT2D eigenvalue weighted by molar-refractivity contribution is 5.45. The highest BCUT2D eigenvalue weighted by atomic mass is 16.5. The van der Waals surface area contributed by atoms with Gasteiger partial charge >= 0.3 is 0 Å². The van der Waals surface area contributed by atoms with Crippen LogP contribution in [0.1, 0.15) is 0 Å². The summed E-state index contributed by atoms with van der Waals surface area (Å²) in [5.41, 5.74) is 0. The number of amides is 1. The van der Waals surface area contributed by atoms with Gasteiger partial charge < -0.3 is 9.64 Å². The van der Waals surface area contributed by atoms with Crippen LogP contribution in [0, 0.1) is 0 Å². The van der Waals surface area contributed by atoms with Crippen LogP contribution in [0.4, 0.5) is 0 Å². The Hall–Kier alpha value is -0.570. The number of carbonyl (C=O) groups excluding carboxylic acids is 1. The van der Waals surface area contributed by atoms with E-state index in [9.17, 15) is 4.79 Å². The monoisotopic (exact) mass is 103 g/mol. The van der Waals surface area contributed by atoms with Crippen molar-refractivity contribution in [1.82, 2.24) is 4.90 Å². The number of hydrogen-bond acceptors (Lipinski definition) is 2. The second kappa shape index (κ2) is 3.61. The maximum Gasteiger partial charge on any atom is 0.211 e. The van der Waals surface area contributed by atoms with Crippen molar-refractivity contribution in [3.8, 4) is 0 Å². The minimum atomic E-state index is 0.365. The standard InChI is InChI=1S/C4H9NO2/c1-5(3-6)4-7-2/h3H,4H2,1-2H3. The number of hydrogen-bond donors (Lipinski definition) is 0. The summed E-state index contributed by atoms with van der Waals surface area (Å²) in [5.74, 6) is 0. The second-order valence-electron chi connectivity index (χ2n) is 1.28. The Bertz CT molecular complexity index is 55.7. The summed E-state index contributed by atoms with van der Waals surface area (Å²) >= 11 is 0. The quantitative estimate of drug-likeness (QED) is 0.362. The molecule has 0 aromatic carbocycles. The molecule has 0 aliphatic heterocycles. The van der Waals surface area contributed by atoms with E-state index >= 15 is 0 Å². The molecule has 7 heavy (non-hydrogen) atoms. The van der Waals surface area contributed by atoms with Crippen LogP contribution in [0.5, 0.6) is 0 Å². The number of ether oxygens (including phenoxy) is 1. The van der Waals surface area contributed by atoms with E-state index in [2.05, 4.69) is 4.74 Å². The van der Waals surface area contributed by atoms with E-state index < -0.39 is 0 Å². The van der Waals surface area contributed by atoms with Crippen molar-refractivity contribution in [2.24, 2.45) is 0 Å². The second-order valence-corrected chi connectivity index (χ2v) is 1.28. The molecule has 0 heterocycles. The van der Waals surface area contributed by atoms with E-state index in [1.807, 2.05) is 0 Å². The molecule has 0 bridgehead atoms. The van der Waals surface area contributed by atoms with Crippen molar-refractivity contribution in [3.63, 3.8) is 0 Å². The lowest BCUT2D eigenvalue weighted by Crippen LogP contribution is -2.17. The van der Waals surface area contributed by atoms with Crippen LogP contribution in [0.25, 0.3) is 0 Å². The SMILES string of the molecule is COCN(C)C=O. The van der Waals surface area contributed by atoms with Gasteiger partial charge in [-0.15, -0.1) is 0 Å². The Labute approximate surface area is 42.9 Å². The first kappa shape index (κ1) is 6.43. The molecule has 0 rings (SSSR count). The van der Waals surface area contributed by atoms with Gasteiger partial charge in [-0.3, -0.25) is 4.79 Å². The minimum absolute atomic E-state index is 0.365. The molecule has 0 fully saturated rings. The lowest BCUT2D eigenvalue weighted by molar-refractivity contribution is -0.120. The molecule has 42 valence electrons. The normalized spacial score (nSPS) is 8.29. The van der Waals surface area contributed by atoms with Gasteiger partial charge in [-0.05, 0) is 0 Å². The van der Waals surface area contributed by atoms with Crippen molar-refractivity contribution in [2.75, 3.05) is 20.9 Å². The predicted molar refractivity (Wildman–Crippen MR) is 25.7 cm³/mol. The molecule has 0 spiro atoms. The van der Waals surface area contributed by atoms with Crippen LogP contribution in [0.3, 0.4) is 0 Å². The molecule has 0 aromatic heterocycles. The lowest BCUT2D eigenvalue weighted by Gasteiger charge is -2.05. The molecule has 0 aliphatic carbocycles. The van der Waals surface area contributed by atoms with E-state index in [4.69, 9.17) is 0 Å². The molecule has 0 atom stereocenters. The Morgan fingerprint density at radius 3 is 2.57 bits per heavy atom. The van der Waals surface area contributed by atoms with Gasteiger partial charge in [-0.1, -0.05) is 0 Å². The summed E-state index contributed by atoms with van der Waals surface area (Å²) in [6.45, 7) is 0.365.